The number of aliphatic imine (C=N–C) groups is 1. The first-order valence-electron chi connectivity index (χ1n) is 8.55. The van der Waals surface area contributed by atoms with Gasteiger partial charge < -0.3 is 20.3 Å². The van der Waals surface area contributed by atoms with Crippen LogP contribution in [0.2, 0.25) is 0 Å². The third-order valence-electron chi connectivity index (χ3n) is 4.31. The van der Waals surface area contributed by atoms with E-state index in [9.17, 15) is 0 Å². The second-order valence-electron chi connectivity index (χ2n) is 6.11. The highest BCUT2D eigenvalue weighted by molar-refractivity contribution is 14.0. The van der Waals surface area contributed by atoms with Crippen molar-refractivity contribution in [1.82, 2.24) is 15.5 Å². The number of methoxy groups -OCH3 is 1. The van der Waals surface area contributed by atoms with Crippen molar-refractivity contribution in [3.63, 3.8) is 0 Å². The second-order valence-corrected chi connectivity index (χ2v) is 6.11. The highest BCUT2D eigenvalue weighted by Gasteiger charge is 2.21. The third-order valence-corrected chi connectivity index (χ3v) is 4.31. The van der Waals surface area contributed by atoms with Crippen LogP contribution in [-0.2, 0) is 6.54 Å². The number of hydrogen-bond acceptors (Lipinski definition) is 3. The SMILES string of the molecule is CCCN1CCC(CNC(=NC)NCc2ccc(OC)cc2)C1.I. The van der Waals surface area contributed by atoms with Gasteiger partial charge in [-0.15, -0.1) is 24.0 Å². The summed E-state index contributed by atoms with van der Waals surface area (Å²) in [5.41, 5.74) is 1.21. The standard InChI is InChI=1S/C18H30N4O.HI/c1-4-10-22-11-9-16(14-22)13-21-18(19-2)20-12-15-5-7-17(23-3)8-6-15;/h5-8,16H,4,9-14H2,1-3H3,(H2,19,20,21);1H. The number of benzene rings is 1. The van der Waals surface area contributed by atoms with Crippen LogP contribution in [-0.4, -0.2) is 51.2 Å². The van der Waals surface area contributed by atoms with E-state index in [2.05, 4.69) is 39.6 Å². The highest BCUT2D eigenvalue weighted by Crippen LogP contribution is 2.15. The first-order valence-corrected chi connectivity index (χ1v) is 8.55. The molecule has 2 rings (SSSR count). The van der Waals surface area contributed by atoms with Crippen LogP contribution < -0.4 is 15.4 Å². The lowest BCUT2D eigenvalue weighted by Crippen LogP contribution is -2.39. The van der Waals surface area contributed by atoms with Gasteiger partial charge in [0.1, 0.15) is 5.75 Å². The van der Waals surface area contributed by atoms with Gasteiger partial charge in [0.25, 0.3) is 0 Å². The van der Waals surface area contributed by atoms with Gasteiger partial charge in [0.05, 0.1) is 7.11 Å². The average molecular weight is 446 g/mol. The van der Waals surface area contributed by atoms with E-state index in [0.717, 1.165) is 30.7 Å². The zero-order valence-electron chi connectivity index (χ0n) is 15.0. The van der Waals surface area contributed by atoms with Gasteiger partial charge in [-0.3, -0.25) is 4.99 Å². The molecule has 1 aromatic carbocycles. The van der Waals surface area contributed by atoms with Crippen molar-refractivity contribution in [2.24, 2.45) is 10.9 Å². The van der Waals surface area contributed by atoms with Crippen molar-refractivity contribution in [3.8, 4) is 5.75 Å². The molecular formula is C18H31IN4O. The summed E-state index contributed by atoms with van der Waals surface area (Å²) in [6, 6.07) is 8.10. The summed E-state index contributed by atoms with van der Waals surface area (Å²) in [6.45, 7) is 7.66. The zero-order valence-corrected chi connectivity index (χ0v) is 17.4. The van der Waals surface area contributed by atoms with E-state index in [4.69, 9.17) is 4.74 Å². The number of nitrogens with zero attached hydrogens (tertiary/aromatic N) is 2. The molecule has 1 unspecified atom stereocenters. The van der Waals surface area contributed by atoms with Gasteiger partial charge in [0.2, 0.25) is 0 Å². The minimum atomic E-state index is 0. The van der Waals surface area contributed by atoms with Gasteiger partial charge in [-0.05, 0) is 49.5 Å². The van der Waals surface area contributed by atoms with E-state index in [0.29, 0.717) is 0 Å². The number of nitrogens with one attached hydrogen (secondary N) is 2. The Labute approximate surface area is 163 Å². The molecule has 6 heteroatoms. The van der Waals surface area contributed by atoms with E-state index >= 15 is 0 Å². The first kappa shape index (κ1) is 21.0. The summed E-state index contributed by atoms with van der Waals surface area (Å²) in [7, 11) is 3.51. The molecule has 0 spiro atoms. The molecule has 24 heavy (non-hydrogen) atoms. The third kappa shape index (κ3) is 6.84. The van der Waals surface area contributed by atoms with Crippen LogP contribution in [0, 0.1) is 5.92 Å². The largest absolute Gasteiger partial charge is 0.497 e. The lowest BCUT2D eigenvalue weighted by Gasteiger charge is -2.17. The van der Waals surface area contributed by atoms with Crippen molar-refractivity contribution >= 4 is 29.9 Å². The molecule has 5 nitrogen and oxygen atoms in total. The molecular weight excluding hydrogens is 415 g/mol. The van der Waals surface area contributed by atoms with Crippen molar-refractivity contribution in [3.05, 3.63) is 29.8 Å². The molecule has 1 aliphatic heterocycles. The molecule has 0 radical (unpaired) electrons. The van der Waals surface area contributed by atoms with Crippen LogP contribution in [0.5, 0.6) is 5.75 Å². The summed E-state index contributed by atoms with van der Waals surface area (Å²) in [6.07, 6.45) is 2.52. The topological polar surface area (TPSA) is 48.9 Å². The Balaban J connectivity index is 0.00000288. The van der Waals surface area contributed by atoms with E-state index in [1.807, 2.05) is 19.2 Å². The van der Waals surface area contributed by atoms with Gasteiger partial charge >= 0.3 is 0 Å². The van der Waals surface area contributed by atoms with Gasteiger partial charge in [-0.1, -0.05) is 19.1 Å². The van der Waals surface area contributed by atoms with Gasteiger partial charge in [-0.25, -0.2) is 0 Å². The minimum absolute atomic E-state index is 0. The van der Waals surface area contributed by atoms with Crippen LogP contribution in [0.3, 0.4) is 0 Å². The Morgan fingerprint density at radius 1 is 1.29 bits per heavy atom. The molecule has 1 aromatic rings. The molecule has 1 atom stereocenters. The maximum absolute atomic E-state index is 5.18. The molecule has 1 fully saturated rings. The van der Waals surface area contributed by atoms with Crippen LogP contribution in [0.15, 0.2) is 29.3 Å². The van der Waals surface area contributed by atoms with Crippen LogP contribution >= 0.6 is 24.0 Å². The number of rotatable bonds is 7. The minimum Gasteiger partial charge on any atom is -0.497 e. The van der Waals surface area contributed by atoms with E-state index < -0.39 is 0 Å². The summed E-state index contributed by atoms with van der Waals surface area (Å²) in [5, 5.41) is 6.82. The predicted molar refractivity (Wildman–Crippen MR) is 111 cm³/mol. The molecule has 0 aromatic heterocycles. The molecule has 136 valence electrons. The maximum Gasteiger partial charge on any atom is 0.191 e. The summed E-state index contributed by atoms with van der Waals surface area (Å²) >= 11 is 0. The summed E-state index contributed by atoms with van der Waals surface area (Å²) in [4.78, 5) is 6.86. The van der Waals surface area contributed by atoms with E-state index in [1.165, 1.54) is 38.0 Å². The van der Waals surface area contributed by atoms with Crippen molar-refractivity contribution in [1.29, 1.82) is 0 Å². The second kappa shape index (κ2) is 11.5. The van der Waals surface area contributed by atoms with E-state index in [1.54, 1.807) is 7.11 Å². The predicted octanol–water partition coefficient (Wildman–Crippen LogP) is 2.71. The molecule has 0 aliphatic carbocycles. The smallest absolute Gasteiger partial charge is 0.191 e. The number of ether oxygens (including phenoxy) is 1. The molecule has 2 N–H and O–H groups in total. The number of guanidine groups is 1. The van der Waals surface area contributed by atoms with Crippen LogP contribution in [0.4, 0.5) is 0 Å². The number of hydrogen-bond donors (Lipinski definition) is 2. The Morgan fingerprint density at radius 3 is 2.67 bits per heavy atom. The fourth-order valence-corrected chi connectivity index (χ4v) is 2.99. The van der Waals surface area contributed by atoms with Crippen molar-refractivity contribution < 1.29 is 4.74 Å². The Hall–Kier alpha value is -1.02. The molecule has 0 bridgehead atoms. The fraction of sp³-hybridized carbons (Fsp3) is 0.611. The molecule has 1 heterocycles. The Kier molecular flexibility index (Phi) is 10.1. The Bertz CT molecular complexity index is 492. The van der Waals surface area contributed by atoms with Crippen LogP contribution in [0.25, 0.3) is 0 Å². The van der Waals surface area contributed by atoms with Crippen molar-refractivity contribution in [2.75, 3.05) is 40.3 Å². The summed E-state index contributed by atoms with van der Waals surface area (Å²) < 4.78 is 5.18. The van der Waals surface area contributed by atoms with Gasteiger partial charge in [-0.2, -0.15) is 0 Å². The van der Waals surface area contributed by atoms with Gasteiger partial charge in [0, 0.05) is 26.7 Å². The average Bonchev–Trinajstić information content (AvgIpc) is 3.03. The quantitative estimate of drug-likeness (QED) is 0.384. The lowest BCUT2D eigenvalue weighted by molar-refractivity contribution is 0.324. The number of likely N-dealkylation sites (tertiary alicyclic amines) is 1. The first-order chi connectivity index (χ1) is 11.2. The fourth-order valence-electron chi connectivity index (χ4n) is 2.99. The van der Waals surface area contributed by atoms with Crippen LogP contribution in [0.1, 0.15) is 25.3 Å². The Morgan fingerprint density at radius 2 is 2.04 bits per heavy atom. The normalized spacial score (nSPS) is 18.1. The number of halogens is 1. The molecule has 1 aliphatic rings. The molecule has 0 saturated carbocycles. The highest BCUT2D eigenvalue weighted by atomic mass is 127. The lowest BCUT2D eigenvalue weighted by atomic mass is 10.1. The molecule has 0 amide bonds. The van der Waals surface area contributed by atoms with Crippen molar-refractivity contribution in [2.45, 2.75) is 26.3 Å². The maximum atomic E-state index is 5.18. The molecule has 1 saturated heterocycles. The van der Waals surface area contributed by atoms with E-state index in [-0.39, 0.29) is 24.0 Å². The summed E-state index contributed by atoms with van der Waals surface area (Å²) in [5.74, 6) is 2.48. The van der Waals surface area contributed by atoms with Gasteiger partial charge in [0.15, 0.2) is 5.96 Å². The zero-order chi connectivity index (χ0) is 16.5. The monoisotopic (exact) mass is 446 g/mol.